The zero-order valence-electron chi connectivity index (χ0n) is 13.7. The maximum atomic E-state index is 12.4. The zero-order chi connectivity index (χ0) is 17.5. The summed E-state index contributed by atoms with van der Waals surface area (Å²) in [6.07, 6.45) is 1.39. The van der Waals surface area contributed by atoms with Gasteiger partial charge in [0.05, 0.1) is 31.9 Å². The molecule has 7 nitrogen and oxygen atoms in total. The van der Waals surface area contributed by atoms with Crippen LogP contribution < -0.4 is 11.2 Å². The standard InChI is InChI=1S/C17H22N2O5/c1-2-19-10-14(17(21)22)16(20)13-9-12(3-4-15(13)19)11-24-8-7-23-6-5-18/h3-4,9-10H,2,5-8,11,18H2,1H3,(H,21,22). The molecule has 0 spiro atoms. The SMILES string of the molecule is CCn1cc(C(=O)O)c(=O)c2cc(COCCOCCN)ccc21. The van der Waals surface area contributed by atoms with Crippen molar-refractivity contribution in [2.24, 2.45) is 5.73 Å². The van der Waals surface area contributed by atoms with Crippen LogP contribution in [0.25, 0.3) is 10.9 Å². The Labute approximate surface area is 139 Å². The molecule has 1 heterocycles. The third-order valence-electron chi connectivity index (χ3n) is 3.62. The van der Waals surface area contributed by atoms with E-state index in [-0.39, 0.29) is 5.56 Å². The van der Waals surface area contributed by atoms with Gasteiger partial charge in [0.15, 0.2) is 0 Å². The first kappa shape index (κ1) is 18.1. The molecule has 2 rings (SSSR count). The molecule has 0 saturated heterocycles. The van der Waals surface area contributed by atoms with Gasteiger partial charge in [0.25, 0.3) is 0 Å². The number of fused-ring (bicyclic) bond motifs is 1. The summed E-state index contributed by atoms with van der Waals surface area (Å²) in [7, 11) is 0. The van der Waals surface area contributed by atoms with Crippen LogP contribution in [0.5, 0.6) is 0 Å². The Morgan fingerprint density at radius 3 is 2.67 bits per heavy atom. The molecule has 24 heavy (non-hydrogen) atoms. The smallest absolute Gasteiger partial charge is 0.341 e. The highest BCUT2D eigenvalue weighted by Gasteiger charge is 2.14. The van der Waals surface area contributed by atoms with Crippen LogP contribution in [-0.4, -0.2) is 42.0 Å². The maximum Gasteiger partial charge on any atom is 0.341 e. The van der Waals surface area contributed by atoms with Crippen molar-refractivity contribution in [1.82, 2.24) is 4.57 Å². The van der Waals surface area contributed by atoms with Gasteiger partial charge in [-0.25, -0.2) is 4.79 Å². The molecule has 130 valence electrons. The summed E-state index contributed by atoms with van der Waals surface area (Å²) in [4.78, 5) is 23.6. The summed E-state index contributed by atoms with van der Waals surface area (Å²) in [5, 5.41) is 9.58. The van der Waals surface area contributed by atoms with E-state index in [2.05, 4.69) is 0 Å². The van der Waals surface area contributed by atoms with Crippen LogP contribution in [0.4, 0.5) is 0 Å². The summed E-state index contributed by atoms with van der Waals surface area (Å²) in [6, 6.07) is 5.38. The summed E-state index contributed by atoms with van der Waals surface area (Å²) >= 11 is 0. The monoisotopic (exact) mass is 334 g/mol. The number of benzene rings is 1. The van der Waals surface area contributed by atoms with E-state index in [0.717, 1.165) is 5.56 Å². The minimum absolute atomic E-state index is 0.224. The Balaban J connectivity index is 2.21. The van der Waals surface area contributed by atoms with Crippen molar-refractivity contribution in [3.05, 3.63) is 45.7 Å². The third kappa shape index (κ3) is 4.19. The van der Waals surface area contributed by atoms with Gasteiger partial charge in [-0.05, 0) is 24.6 Å². The molecular weight excluding hydrogens is 312 g/mol. The third-order valence-corrected chi connectivity index (χ3v) is 3.62. The lowest BCUT2D eigenvalue weighted by Gasteiger charge is -2.11. The van der Waals surface area contributed by atoms with E-state index in [1.165, 1.54) is 6.20 Å². The number of aromatic carboxylic acids is 1. The van der Waals surface area contributed by atoms with Crippen molar-refractivity contribution >= 4 is 16.9 Å². The van der Waals surface area contributed by atoms with Crippen LogP contribution in [0.1, 0.15) is 22.8 Å². The first-order valence-corrected chi connectivity index (χ1v) is 7.83. The van der Waals surface area contributed by atoms with Gasteiger partial charge in [0, 0.05) is 24.7 Å². The number of carboxylic acids is 1. The lowest BCUT2D eigenvalue weighted by atomic mass is 10.1. The fraction of sp³-hybridized carbons (Fsp3) is 0.412. The molecule has 3 N–H and O–H groups in total. The fourth-order valence-electron chi connectivity index (χ4n) is 2.44. The van der Waals surface area contributed by atoms with Gasteiger partial charge < -0.3 is 24.9 Å². The van der Waals surface area contributed by atoms with Crippen LogP contribution in [-0.2, 0) is 22.6 Å². The number of hydrogen-bond acceptors (Lipinski definition) is 5. The van der Waals surface area contributed by atoms with E-state index in [9.17, 15) is 14.7 Å². The van der Waals surface area contributed by atoms with Gasteiger partial charge >= 0.3 is 5.97 Å². The fourth-order valence-corrected chi connectivity index (χ4v) is 2.44. The van der Waals surface area contributed by atoms with Crippen LogP contribution >= 0.6 is 0 Å². The molecule has 0 atom stereocenters. The van der Waals surface area contributed by atoms with E-state index in [4.69, 9.17) is 15.2 Å². The summed E-state index contributed by atoms with van der Waals surface area (Å²) in [5.41, 5.74) is 6.14. The highest BCUT2D eigenvalue weighted by atomic mass is 16.5. The number of carbonyl (C=O) groups is 1. The second-order valence-corrected chi connectivity index (χ2v) is 5.27. The quantitative estimate of drug-likeness (QED) is 0.668. The molecule has 1 aromatic carbocycles. The first-order chi connectivity index (χ1) is 11.6. The Morgan fingerprint density at radius 1 is 1.25 bits per heavy atom. The Kier molecular flexibility index (Phi) is 6.48. The Bertz CT molecular complexity index is 769. The number of carboxylic acid groups (broad SMARTS) is 1. The van der Waals surface area contributed by atoms with Crippen LogP contribution in [0, 0.1) is 0 Å². The van der Waals surface area contributed by atoms with Gasteiger partial charge in [0.2, 0.25) is 5.43 Å². The van der Waals surface area contributed by atoms with Crippen LogP contribution in [0.2, 0.25) is 0 Å². The van der Waals surface area contributed by atoms with Gasteiger partial charge in [-0.15, -0.1) is 0 Å². The molecule has 0 aliphatic heterocycles. The number of pyridine rings is 1. The Morgan fingerprint density at radius 2 is 2.00 bits per heavy atom. The summed E-state index contributed by atoms with van der Waals surface area (Å²) in [6.45, 7) is 4.64. The van der Waals surface area contributed by atoms with Crippen molar-refractivity contribution < 1.29 is 19.4 Å². The van der Waals surface area contributed by atoms with E-state index < -0.39 is 11.4 Å². The van der Waals surface area contributed by atoms with E-state index in [1.54, 1.807) is 10.6 Å². The second kappa shape index (κ2) is 8.58. The number of aryl methyl sites for hydroxylation is 1. The average Bonchev–Trinajstić information content (AvgIpc) is 2.58. The lowest BCUT2D eigenvalue weighted by Crippen LogP contribution is -2.19. The van der Waals surface area contributed by atoms with Crippen molar-refractivity contribution in [1.29, 1.82) is 0 Å². The average molecular weight is 334 g/mol. The molecule has 0 bridgehead atoms. The zero-order valence-corrected chi connectivity index (χ0v) is 13.7. The van der Waals surface area contributed by atoms with E-state index in [1.807, 2.05) is 19.1 Å². The normalized spacial score (nSPS) is 11.1. The highest BCUT2D eigenvalue weighted by molar-refractivity contribution is 5.92. The van der Waals surface area contributed by atoms with Crippen molar-refractivity contribution in [3.8, 4) is 0 Å². The molecule has 0 radical (unpaired) electrons. The predicted molar refractivity (Wildman–Crippen MR) is 90.4 cm³/mol. The van der Waals surface area contributed by atoms with Crippen LogP contribution in [0.15, 0.2) is 29.2 Å². The minimum Gasteiger partial charge on any atom is -0.477 e. The second-order valence-electron chi connectivity index (χ2n) is 5.27. The number of hydrogen-bond donors (Lipinski definition) is 2. The number of ether oxygens (including phenoxy) is 2. The van der Waals surface area contributed by atoms with Gasteiger partial charge in [-0.3, -0.25) is 4.79 Å². The molecular formula is C17H22N2O5. The number of rotatable bonds is 9. The van der Waals surface area contributed by atoms with Gasteiger partial charge in [0.1, 0.15) is 5.56 Å². The molecule has 0 aliphatic rings. The maximum absolute atomic E-state index is 12.4. The molecule has 7 heteroatoms. The van der Waals surface area contributed by atoms with E-state index >= 15 is 0 Å². The van der Waals surface area contributed by atoms with Gasteiger partial charge in [-0.2, -0.15) is 0 Å². The lowest BCUT2D eigenvalue weighted by molar-refractivity contribution is 0.0434. The molecule has 0 aliphatic carbocycles. The van der Waals surface area contributed by atoms with Gasteiger partial charge in [-0.1, -0.05) is 6.07 Å². The predicted octanol–water partition coefficient (Wildman–Crippen LogP) is 1.21. The minimum atomic E-state index is -1.22. The van der Waals surface area contributed by atoms with Crippen molar-refractivity contribution in [2.45, 2.75) is 20.1 Å². The summed E-state index contributed by atoms with van der Waals surface area (Å²) < 4.78 is 12.5. The number of nitrogens with two attached hydrogens (primary N) is 1. The molecule has 0 amide bonds. The number of nitrogens with zero attached hydrogens (tertiary/aromatic N) is 1. The van der Waals surface area contributed by atoms with Crippen molar-refractivity contribution in [2.75, 3.05) is 26.4 Å². The molecule has 2 aromatic rings. The molecule has 0 saturated carbocycles. The molecule has 1 aromatic heterocycles. The van der Waals surface area contributed by atoms with E-state index in [0.29, 0.717) is 50.4 Å². The molecule has 0 unspecified atom stereocenters. The first-order valence-electron chi connectivity index (χ1n) is 7.83. The summed E-state index contributed by atoms with van der Waals surface area (Å²) in [5.74, 6) is -1.22. The topological polar surface area (TPSA) is 104 Å². The molecule has 0 fully saturated rings. The van der Waals surface area contributed by atoms with Crippen molar-refractivity contribution in [3.63, 3.8) is 0 Å². The Hall–Kier alpha value is -2.22. The number of aromatic nitrogens is 1. The van der Waals surface area contributed by atoms with Crippen LogP contribution in [0.3, 0.4) is 0 Å². The largest absolute Gasteiger partial charge is 0.477 e. The highest BCUT2D eigenvalue weighted by Crippen LogP contribution is 2.15.